The molecule has 0 bridgehead atoms. The molecule has 0 aromatic heterocycles. The highest BCUT2D eigenvalue weighted by Crippen LogP contribution is 2.40. The molecule has 1 aliphatic rings. The van der Waals surface area contributed by atoms with E-state index in [1.807, 2.05) is 12.1 Å². The van der Waals surface area contributed by atoms with Crippen LogP contribution in [0.15, 0.2) is 17.7 Å². The van der Waals surface area contributed by atoms with Gasteiger partial charge in [-0.25, -0.2) is 0 Å². The molecule has 0 aliphatic carbocycles. The van der Waals surface area contributed by atoms with Gasteiger partial charge in [0.1, 0.15) is 13.2 Å². The summed E-state index contributed by atoms with van der Waals surface area (Å²) < 4.78 is 16.6. The third kappa shape index (κ3) is 3.67. The van der Waals surface area contributed by atoms with Gasteiger partial charge in [-0.1, -0.05) is 18.6 Å². The summed E-state index contributed by atoms with van der Waals surface area (Å²) in [7, 11) is 1.65. The molecule has 0 saturated heterocycles. The summed E-state index contributed by atoms with van der Waals surface area (Å²) >= 11 is 0. The SMILES string of the molecule is CCCNCC(C)=Cc1cc(OC)c2c(c1)OCCO2. The van der Waals surface area contributed by atoms with Crippen LogP contribution in [0, 0.1) is 0 Å². The van der Waals surface area contributed by atoms with Crippen LogP contribution in [0.5, 0.6) is 17.2 Å². The summed E-state index contributed by atoms with van der Waals surface area (Å²) in [5.74, 6) is 2.19. The molecule has 0 spiro atoms. The molecule has 1 aromatic rings. The van der Waals surface area contributed by atoms with Gasteiger partial charge in [-0.15, -0.1) is 0 Å². The highest BCUT2D eigenvalue weighted by Gasteiger charge is 2.17. The van der Waals surface area contributed by atoms with Crippen molar-refractivity contribution in [2.45, 2.75) is 20.3 Å². The normalized spacial score (nSPS) is 14.2. The summed E-state index contributed by atoms with van der Waals surface area (Å²) in [6, 6.07) is 3.98. The van der Waals surface area contributed by atoms with Gasteiger partial charge in [-0.3, -0.25) is 0 Å². The molecule has 4 heteroatoms. The zero-order valence-corrected chi connectivity index (χ0v) is 12.5. The zero-order valence-electron chi connectivity index (χ0n) is 12.5. The molecule has 0 atom stereocenters. The second-order valence-electron chi connectivity index (χ2n) is 4.91. The molecule has 4 nitrogen and oxygen atoms in total. The third-order valence-corrected chi connectivity index (χ3v) is 3.09. The topological polar surface area (TPSA) is 39.7 Å². The van der Waals surface area contributed by atoms with Gasteiger partial charge in [-0.2, -0.15) is 0 Å². The highest BCUT2D eigenvalue weighted by atomic mass is 16.6. The van der Waals surface area contributed by atoms with E-state index in [4.69, 9.17) is 14.2 Å². The molecule has 1 N–H and O–H groups in total. The molecule has 1 heterocycles. The van der Waals surface area contributed by atoms with Crippen LogP contribution in [-0.2, 0) is 0 Å². The Morgan fingerprint density at radius 1 is 1.35 bits per heavy atom. The van der Waals surface area contributed by atoms with E-state index in [1.165, 1.54) is 5.57 Å². The minimum absolute atomic E-state index is 0.568. The quantitative estimate of drug-likeness (QED) is 0.812. The number of hydrogen-bond acceptors (Lipinski definition) is 4. The maximum absolute atomic E-state index is 5.64. The fraction of sp³-hybridized carbons (Fsp3) is 0.500. The van der Waals surface area contributed by atoms with Crippen molar-refractivity contribution in [3.8, 4) is 17.2 Å². The van der Waals surface area contributed by atoms with Crippen LogP contribution in [-0.4, -0.2) is 33.4 Å². The molecule has 0 radical (unpaired) electrons. The minimum Gasteiger partial charge on any atom is -0.493 e. The van der Waals surface area contributed by atoms with E-state index in [0.717, 1.165) is 36.6 Å². The summed E-state index contributed by atoms with van der Waals surface area (Å²) in [6.07, 6.45) is 3.29. The number of hydrogen-bond donors (Lipinski definition) is 1. The van der Waals surface area contributed by atoms with E-state index in [1.54, 1.807) is 7.11 Å². The van der Waals surface area contributed by atoms with Gasteiger partial charge in [0.25, 0.3) is 0 Å². The van der Waals surface area contributed by atoms with Crippen molar-refractivity contribution in [3.05, 3.63) is 23.3 Å². The molecule has 20 heavy (non-hydrogen) atoms. The number of ether oxygens (including phenoxy) is 3. The molecule has 0 fully saturated rings. The van der Waals surface area contributed by atoms with Crippen molar-refractivity contribution in [3.63, 3.8) is 0 Å². The Hall–Kier alpha value is -1.68. The molecule has 0 unspecified atom stereocenters. The van der Waals surface area contributed by atoms with Gasteiger partial charge in [0, 0.05) is 6.54 Å². The fourth-order valence-corrected chi connectivity index (χ4v) is 2.17. The Labute approximate surface area is 120 Å². The van der Waals surface area contributed by atoms with Gasteiger partial charge in [-0.05, 0) is 37.6 Å². The zero-order chi connectivity index (χ0) is 14.4. The maximum atomic E-state index is 5.64. The van der Waals surface area contributed by atoms with E-state index < -0.39 is 0 Å². The molecule has 110 valence electrons. The monoisotopic (exact) mass is 277 g/mol. The summed E-state index contributed by atoms with van der Waals surface area (Å²) in [6.45, 7) is 7.36. The fourth-order valence-electron chi connectivity index (χ4n) is 2.17. The van der Waals surface area contributed by atoms with E-state index in [2.05, 4.69) is 25.2 Å². The predicted octanol–water partition coefficient (Wildman–Crippen LogP) is 2.87. The molecule has 0 amide bonds. The number of rotatable bonds is 6. The Kier molecular flexibility index (Phi) is 5.30. The number of methoxy groups -OCH3 is 1. The molecule has 1 aliphatic heterocycles. The summed E-state index contributed by atoms with van der Waals surface area (Å²) in [5.41, 5.74) is 2.35. The van der Waals surface area contributed by atoms with Gasteiger partial charge in [0.05, 0.1) is 7.11 Å². The van der Waals surface area contributed by atoms with Crippen LogP contribution in [0.4, 0.5) is 0 Å². The van der Waals surface area contributed by atoms with Crippen molar-refractivity contribution in [2.24, 2.45) is 0 Å². The van der Waals surface area contributed by atoms with Crippen LogP contribution < -0.4 is 19.5 Å². The lowest BCUT2D eigenvalue weighted by Gasteiger charge is -2.21. The lowest BCUT2D eigenvalue weighted by molar-refractivity contribution is 0.165. The molecule has 0 saturated carbocycles. The van der Waals surface area contributed by atoms with Crippen molar-refractivity contribution in [1.29, 1.82) is 0 Å². The average Bonchev–Trinajstić information content (AvgIpc) is 2.46. The van der Waals surface area contributed by atoms with Crippen molar-refractivity contribution in [1.82, 2.24) is 5.32 Å². The van der Waals surface area contributed by atoms with Crippen LogP contribution >= 0.6 is 0 Å². The predicted molar refractivity (Wildman–Crippen MR) is 80.8 cm³/mol. The van der Waals surface area contributed by atoms with E-state index in [9.17, 15) is 0 Å². The molecule has 1 aromatic carbocycles. The number of benzene rings is 1. The first-order valence-electron chi connectivity index (χ1n) is 7.10. The van der Waals surface area contributed by atoms with Gasteiger partial charge in [0.2, 0.25) is 5.75 Å². The van der Waals surface area contributed by atoms with E-state index in [-0.39, 0.29) is 0 Å². The number of fused-ring (bicyclic) bond motifs is 1. The van der Waals surface area contributed by atoms with Crippen molar-refractivity contribution < 1.29 is 14.2 Å². The van der Waals surface area contributed by atoms with Crippen LogP contribution in [0.3, 0.4) is 0 Å². The smallest absolute Gasteiger partial charge is 0.203 e. The van der Waals surface area contributed by atoms with E-state index in [0.29, 0.717) is 19.0 Å². The first kappa shape index (κ1) is 14.7. The van der Waals surface area contributed by atoms with Gasteiger partial charge in [0.15, 0.2) is 11.5 Å². The van der Waals surface area contributed by atoms with E-state index >= 15 is 0 Å². The molecular weight excluding hydrogens is 254 g/mol. The third-order valence-electron chi connectivity index (χ3n) is 3.09. The number of nitrogens with one attached hydrogen (secondary N) is 1. The minimum atomic E-state index is 0.568. The second-order valence-corrected chi connectivity index (χ2v) is 4.91. The lowest BCUT2D eigenvalue weighted by Crippen LogP contribution is -2.17. The first-order chi connectivity index (χ1) is 9.74. The Balaban J connectivity index is 2.17. The maximum Gasteiger partial charge on any atom is 0.203 e. The van der Waals surface area contributed by atoms with Crippen molar-refractivity contribution >= 4 is 6.08 Å². The highest BCUT2D eigenvalue weighted by molar-refractivity contribution is 5.63. The lowest BCUT2D eigenvalue weighted by atomic mass is 10.1. The van der Waals surface area contributed by atoms with Gasteiger partial charge < -0.3 is 19.5 Å². The van der Waals surface area contributed by atoms with Crippen LogP contribution in [0.2, 0.25) is 0 Å². The molecule has 2 rings (SSSR count). The molecular formula is C16H23NO3. The van der Waals surface area contributed by atoms with Crippen molar-refractivity contribution in [2.75, 3.05) is 33.4 Å². The van der Waals surface area contributed by atoms with Gasteiger partial charge >= 0.3 is 0 Å². The standard InChI is InChI=1S/C16H23NO3/c1-4-5-17-11-12(2)8-13-9-14(18-3)16-15(10-13)19-6-7-20-16/h8-10,17H,4-7,11H2,1-3H3. The Bertz CT molecular complexity index is 466. The van der Waals surface area contributed by atoms with Crippen LogP contribution in [0.25, 0.3) is 6.08 Å². The second kappa shape index (κ2) is 7.20. The summed E-state index contributed by atoms with van der Waals surface area (Å²) in [5, 5.41) is 3.39. The van der Waals surface area contributed by atoms with Crippen LogP contribution in [0.1, 0.15) is 25.8 Å². The largest absolute Gasteiger partial charge is 0.493 e. The summed E-state index contributed by atoms with van der Waals surface area (Å²) in [4.78, 5) is 0. The Morgan fingerprint density at radius 3 is 2.90 bits per heavy atom. The first-order valence-corrected chi connectivity index (χ1v) is 7.10. The average molecular weight is 277 g/mol. The Morgan fingerprint density at radius 2 is 2.15 bits per heavy atom.